The molecule has 2 atom stereocenters. The van der Waals surface area contributed by atoms with E-state index < -0.39 is 0 Å². The molecule has 6 heteroatoms. The van der Waals surface area contributed by atoms with Crippen molar-refractivity contribution in [2.24, 2.45) is 13.0 Å². The molecule has 118 valence electrons. The maximum Gasteiger partial charge on any atom is 0.223 e. The third-order valence-electron chi connectivity index (χ3n) is 4.69. The Bertz CT molecular complexity index is 618. The van der Waals surface area contributed by atoms with Gasteiger partial charge in [-0.05, 0) is 18.8 Å². The van der Waals surface area contributed by atoms with Gasteiger partial charge in [0.05, 0.1) is 18.7 Å². The Morgan fingerprint density at radius 2 is 2.23 bits per heavy atom. The fraction of sp³-hybridized carbons (Fsp3) is 0.562. The van der Waals surface area contributed by atoms with Crippen molar-refractivity contribution < 1.29 is 4.79 Å². The number of nitrogens with zero attached hydrogens (tertiary/aromatic N) is 5. The topological polar surface area (TPSA) is 56.0 Å². The number of aromatic nitrogens is 4. The van der Waals surface area contributed by atoms with Crippen molar-refractivity contribution in [3.8, 4) is 0 Å². The van der Waals surface area contributed by atoms with E-state index in [1.54, 1.807) is 12.5 Å². The van der Waals surface area contributed by atoms with Crippen molar-refractivity contribution in [2.45, 2.75) is 32.2 Å². The van der Waals surface area contributed by atoms with Crippen LogP contribution in [0, 0.1) is 5.92 Å². The summed E-state index contributed by atoms with van der Waals surface area (Å²) in [5.74, 6) is 0.800. The van der Waals surface area contributed by atoms with Gasteiger partial charge < -0.3 is 14.0 Å². The van der Waals surface area contributed by atoms with Crippen LogP contribution in [0.4, 0.5) is 0 Å². The fourth-order valence-electron chi connectivity index (χ4n) is 3.15. The van der Waals surface area contributed by atoms with Crippen LogP contribution in [0.1, 0.15) is 31.5 Å². The van der Waals surface area contributed by atoms with Crippen LogP contribution in [0.25, 0.3) is 0 Å². The lowest BCUT2D eigenvalue weighted by atomic mass is 9.93. The van der Waals surface area contributed by atoms with Gasteiger partial charge >= 0.3 is 0 Å². The smallest absolute Gasteiger partial charge is 0.223 e. The van der Waals surface area contributed by atoms with Gasteiger partial charge in [0.15, 0.2) is 0 Å². The van der Waals surface area contributed by atoms with E-state index in [9.17, 15) is 4.79 Å². The zero-order valence-corrected chi connectivity index (χ0v) is 13.2. The predicted molar refractivity (Wildman–Crippen MR) is 83.2 cm³/mol. The monoisotopic (exact) mass is 301 g/mol. The summed E-state index contributed by atoms with van der Waals surface area (Å²) in [5, 5.41) is 0. The normalized spacial score (nSPS) is 22.0. The number of piperidine rings is 1. The lowest BCUT2D eigenvalue weighted by molar-refractivity contribution is -0.133. The van der Waals surface area contributed by atoms with E-state index in [1.807, 2.05) is 35.2 Å². The van der Waals surface area contributed by atoms with Crippen LogP contribution in [0.15, 0.2) is 31.2 Å². The summed E-state index contributed by atoms with van der Waals surface area (Å²) in [4.78, 5) is 22.7. The Hall–Kier alpha value is -2.11. The van der Waals surface area contributed by atoms with Crippen LogP contribution in [-0.4, -0.2) is 43.0 Å². The van der Waals surface area contributed by atoms with Gasteiger partial charge in [0.25, 0.3) is 0 Å². The van der Waals surface area contributed by atoms with Crippen LogP contribution >= 0.6 is 0 Å². The number of hydrogen-bond donors (Lipinski definition) is 0. The molecule has 0 aromatic carbocycles. The molecule has 2 aromatic rings. The number of amides is 1. The molecule has 22 heavy (non-hydrogen) atoms. The molecule has 0 unspecified atom stereocenters. The number of imidazole rings is 2. The van der Waals surface area contributed by atoms with E-state index >= 15 is 0 Å². The van der Waals surface area contributed by atoms with Crippen molar-refractivity contribution in [1.82, 2.24) is 24.0 Å². The van der Waals surface area contributed by atoms with Crippen molar-refractivity contribution in [2.75, 3.05) is 13.1 Å². The van der Waals surface area contributed by atoms with Crippen molar-refractivity contribution in [3.05, 3.63) is 36.9 Å². The highest BCUT2D eigenvalue weighted by Crippen LogP contribution is 2.27. The van der Waals surface area contributed by atoms with E-state index in [4.69, 9.17) is 0 Å². The third-order valence-corrected chi connectivity index (χ3v) is 4.69. The van der Waals surface area contributed by atoms with Crippen LogP contribution in [0.2, 0.25) is 0 Å². The highest BCUT2D eigenvalue weighted by molar-refractivity contribution is 5.76. The van der Waals surface area contributed by atoms with Gasteiger partial charge in [0.1, 0.15) is 0 Å². The highest BCUT2D eigenvalue weighted by Gasteiger charge is 2.29. The number of rotatable bonds is 4. The molecule has 2 aromatic heterocycles. The first-order valence-electron chi connectivity index (χ1n) is 7.85. The molecule has 1 amide bonds. The first-order chi connectivity index (χ1) is 10.6. The summed E-state index contributed by atoms with van der Waals surface area (Å²) in [6.07, 6.45) is 11.6. The molecule has 0 N–H and O–H groups in total. The van der Waals surface area contributed by atoms with Gasteiger partial charge in [0, 0.05) is 50.8 Å². The summed E-state index contributed by atoms with van der Waals surface area (Å²) in [5.41, 5.74) is 1.10. The van der Waals surface area contributed by atoms with E-state index in [1.165, 1.54) is 0 Å². The molecule has 6 nitrogen and oxygen atoms in total. The van der Waals surface area contributed by atoms with Crippen LogP contribution < -0.4 is 0 Å². The zero-order valence-electron chi connectivity index (χ0n) is 13.2. The maximum absolute atomic E-state index is 12.5. The summed E-state index contributed by atoms with van der Waals surface area (Å²) < 4.78 is 4.10. The lowest BCUT2D eigenvalue weighted by Gasteiger charge is -2.37. The molecular weight excluding hydrogens is 278 g/mol. The van der Waals surface area contributed by atoms with Gasteiger partial charge in [-0.25, -0.2) is 9.97 Å². The number of aryl methyl sites for hydroxylation is 2. The van der Waals surface area contributed by atoms with E-state index in [2.05, 4.69) is 21.5 Å². The number of carbonyl (C=O) groups excluding carboxylic acids is 1. The van der Waals surface area contributed by atoms with Crippen molar-refractivity contribution in [3.63, 3.8) is 0 Å². The minimum Gasteiger partial charge on any atom is -0.341 e. The van der Waals surface area contributed by atoms with Crippen LogP contribution in [-0.2, 0) is 18.3 Å². The van der Waals surface area contributed by atoms with Gasteiger partial charge in [-0.15, -0.1) is 0 Å². The molecular formula is C16H23N5O. The van der Waals surface area contributed by atoms with E-state index in [0.29, 0.717) is 18.4 Å². The average Bonchev–Trinajstić information content (AvgIpc) is 3.17. The molecule has 1 fully saturated rings. The Labute approximate surface area is 130 Å². The van der Waals surface area contributed by atoms with Crippen molar-refractivity contribution in [1.29, 1.82) is 0 Å². The standard InChI is InChI=1S/C16H23N5O/c1-13-5-7-20(10-15(13)21-8-6-17-12-21)16(22)4-3-14-9-18-11-19(14)2/h6,8-9,11-13,15H,3-5,7,10H2,1-2H3/t13-,15+/m1/s1. The molecule has 0 spiro atoms. The van der Waals surface area contributed by atoms with Gasteiger partial charge in [-0.1, -0.05) is 6.92 Å². The van der Waals surface area contributed by atoms with E-state index in [-0.39, 0.29) is 5.91 Å². The minimum atomic E-state index is 0.234. The molecule has 0 radical (unpaired) electrons. The number of hydrogen-bond acceptors (Lipinski definition) is 3. The molecule has 1 saturated heterocycles. The Morgan fingerprint density at radius 1 is 1.36 bits per heavy atom. The zero-order chi connectivity index (χ0) is 15.5. The number of carbonyl (C=O) groups is 1. The van der Waals surface area contributed by atoms with Crippen molar-refractivity contribution >= 4 is 5.91 Å². The quantitative estimate of drug-likeness (QED) is 0.863. The Morgan fingerprint density at radius 3 is 2.91 bits per heavy atom. The summed E-state index contributed by atoms with van der Waals surface area (Å²) in [7, 11) is 1.96. The first-order valence-corrected chi connectivity index (χ1v) is 7.85. The summed E-state index contributed by atoms with van der Waals surface area (Å²) >= 11 is 0. The molecule has 1 aliphatic heterocycles. The van der Waals surface area contributed by atoms with E-state index in [0.717, 1.165) is 31.6 Å². The Kier molecular flexibility index (Phi) is 4.27. The van der Waals surface area contributed by atoms with Crippen LogP contribution in [0.3, 0.4) is 0 Å². The summed E-state index contributed by atoms with van der Waals surface area (Å²) in [6.45, 7) is 3.89. The second kappa shape index (κ2) is 6.34. The first kappa shape index (κ1) is 14.8. The maximum atomic E-state index is 12.5. The molecule has 0 saturated carbocycles. The Balaban J connectivity index is 1.60. The molecule has 1 aliphatic rings. The minimum absolute atomic E-state index is 0.234. The summed E-state index contributed by atoms with van der Waals surface area (Å²) in [6, 6.07) is 0.330. The third kappa shape index (κ3) is 3.05. The second-order valence-corrected chi connectivity index (χ2v) is 6.18. The number of likely N-dealkylation sites (tertiary alicyclic amines) is 1. The molecule has 0 aliphatic carbocycles. The van der Waals surface area contributed by atoms with Crippen LogP contribution in [0.5, 0.6) is 0 Å². The predicted octanol–water partition coefficient (Wildman–Crippen LogP) is 1.66. The SMILES string of the molecule is C[C@@H]1CCN(C(=O)CCc2cncn2C)C[C@@H]1n1ccnc1. The van der Waals surface area contributed by atoms with Gasteiger partial charge in [-0.3, -0.25) is 4.79 Å². The average molecular weight is 301 g/mol. The second-order valence-electron chi connectivity index (χ2n) is 6.18. The fourth-order valence-corrected chi connectivity index (χ4v) is 3.15. The molecule has 3 heterocycles. The highest BCUT2D eigenvalue weighted by atomic mass is 16.2. The lowest BCUT2D eigenvalue weighted by Crippen LogP contribution is -2.43. The molecule has 0 bridgehead atoms. The van der Waals surface area contributed by atoms with Gasteiger partial charge in [0.2, 0.25) is 5.91 Å². The largest absolute Gasteiger partial charge is 0.341 e. The van der Waals surface area contributed by atoms with Gasteiger partial charge in [-0.2, -0.15) is 0 Å². The molecule has 3 rings (SSSR count).